The van der Waals surface area contributed by atoms with Crippen molar-refractivity contribution in [1.82, 2.24) is 5.32 Å². The maximum Gasteiger partial charge on any atom is 0.0132 e. The van der Waals surface area contributed by atoms with Gasteiger partial charge in [0.25, 0.3) is 0 Å². The van der Waals surface area contributed by atoms with Gasteiger partial charge in [-0.2, -0.15) is 11.8 Å². The molecule has 0 aromatic carbocycles. The molecule has 0 aliphatic heterocycles. The normalized spacial score (nSPS) is 31.2. The van der Waals surface area contributed by atoms with Gasteiger partial charge in [-0.1, -0.05) is 6.92 Å². The molecule has 0 bridgehead atoms. The van der Waals surface area contributed by atoms with Crippen molar-refractivity contribution in [3.8, 4) is 0 Å². The van der Waals surface area contributed by atoms with Crippen LogP contribution in [0.1, 0.15) is 26.7 Å². The number of nitrogens with two attached hydrogens (primary N) is 1. The SMILES string of the molecule is CCSCC(C)NC1CC(N)C1. The molecule has 0 aromatic rings. The molecule has 0 radical (unpaired) electrons. The molecule has 1 rings (SSSR count). The van der Waals surface area contributed by atoms with Crippen LogP contribution in [0.3, 0.4) is 0 Å². The smallest absolute Gasteiger partial charge is 0.0132 e. The number of thioether (sulfide) groups is 1. The summed E-state index contributed by atoms with van der Waals surface area (Å²) in [6.45, 7) is 4.46. The molecule has 0 aromatic heterocycles. The summed E-state index contributed by atoms with van der Waals surface area (Å²) < 4.78 is 0. The Morgan fingerprint density at radius 2 is 2.25 bits per heavy atom. The third-order valence-electron chi connectivity index (χ3n) is 2.27. The van der Waals surface area contributed by atoms with Crippen LogP contribution in [-0.4, -0.2) is 29.6 Å². The lowest BCUT2D eigenvalue weighted by atomic mass is 9.87. The van der Waals surface area contributed by atoms with Crippen LogP contribution in [0, 0.1) is 0 Å². The Labute approximate surface area is 79.7 Å². The molecule has 1 aliphatic rings. The van der Waals surface area contributed by atoms with E-state index < -0.39 is 0 Å². The second-order valence-electron chi connectivity index (χ2n) is 3.66. The zero-order chi connectivity index (χ0) is 8.97. The van der Waals surface area contributed by atoms with Crippen LogP contribution in [0.2, 0.25) is 0 Å². The van der Waals surface area contributed by atoms with Gasteiger partial charge < -0.3 is 11.1 Å². The summed E-state index contributed by atoms with van der Waals surface area (Å²) in [6.07, 6.45) is 2.34. The first-order chi connectivity index (χ1) is 5.72. The summed E-state index contributed by atoms with van der Waals surface area (Å²) >= 11 is 2.00. The van der Waals surface area contributed by atoms with Gasteiger partial charge in [0.1, 0.15) is 0 Å². The van der Waals surface area contributed by atoms with E-state index in [1.54, 1.807) is 0 Å². The molecular formula is C9H20N2S. The van der Waals surface area contributed by atoms with Crippen molar-refractivity contribution in [2.24, 2.45) is 5.73 Å². The summed E-state index contributed by atoms with van der Waals surface area (Å²) in [5.74, 6) is 2.44. The van der Waals surface area contributed by atoms with Gasteiger partial charge in [0.15, 0.2) is 0 Å². The van der Waals surface area contributed by atoms with Gasteiger partial charge in [0, 0.05) is 23.9 Å². The fraction of sp³-hybridized carbons (Fsp3) is 1.00. The minimum absolute atomic E-state index is 0.466. The second kappa shape index (κ2) is 5.10. The lowest BCUT2D eigenvalue weighted by molar-refractivity contribution is 0.277. The van der Waals surface area contributed by atoms with Gasteiger partial charge in [-0.15, -0.1) is 0 Å². The van der Waals surface area contributed by atoms with Crippen LogP contribution >= 0.6 is 11.8 Å². The van der Waals surface area contributed by atoms with Crippen molar-refractivity contribution >= 4 is 11.8 Å². The Hall–Kier alpha value is 0.270. The summed E-state index contributed by atoms with van der Waals surface area (Å²) in [7, 11) is 0. The Bertz CT molecular complexity index is 124. The highest BCUT2D eigenvalue weighted by atomic mass is 32.2. The maximum absolute atomic E-state index is 5.70. The molecule has 1 unspecified atom stereocenters. The van der Waals surface area contributed by atoms with Crippen LogP contribution in [0.25, 0.3) is 0 Å². The Morgan fingerprint density at radius 3 is 2.75 bits per heavy atom. The quantitative estimate of drug-likeness (QED) is 0.681. The molecule has 3 heteroatoms. The lowest BCUT2D eigenvalue weighted by Crippen LogP contribution is -2.51. The van der Waals surface area contributed by atoms with E-state index in [-0.39, 0.29) is 0 Å². The largest absolute Gasteiger partial charge is 0.328 e. The van der Waals surface area contributed by atoms with Gasteiger partial charge in [-0.25, -0.2) is 0 Å². The first-order valence-corrected chi connectivity index (χ1v) is 5.97. The van der Waals surface area contributed by atoms with Crippen molar-refractivity contribution in [1.29, 1.82) is 0 Å². The van der Waals surface area contributed by atoms with Crippen LogP contribution < -0.4 is 11.1 Å². The maximum atomic E-state index is 5.70. The predicted molar refractivity (Wildman–Crippen MR) is 56.6 cm³/mol. The van der Waals surface area contributed by atoms with E-state index >= 15 is 0 Å². The molecule has 1 atom stereocenters. The molecule has 0 spiro atoms. The Balaban J connectivity index is 1.98. The van der Waals surface area contributed by atoms with Gasteiger partial charge in [0.05, 0.1) is 0 Å². The fourth-order valence-electron chi connectivity index (χ4n) is 1.54. The van der Waals surface area contributed by atoms with Crippen LogP contribution in [0.4, 0.5) is 0 Å². The average Bonchev–Trinajstić information content (AvgIpc) is 1.98. The minimum Gasteiger partial charge on any atom is -0.328 e. The van der Waals surface area contributed by atoms with Crippen molar-refractivity contribution in [2.45, 2.75) is 44.8 Å². The molecule has 0 saturated heterocycles. The first-order valence-electron chi connectivity index (χ1n) is 4.81. The van der Waals surface area contributed by atoms with E-state index in [1.807, 2.05) is 11.8 Å². The highest BCUT2D eigenvalue weighted by Gasteiger charge is 2.26. The van der Waals surface area contributed by atoms with E-state index in [0.717, 1.165) is 0 Å². The zero-order valence-corrected chi connectivity index (χ0v) is 8.86. The monoisotopic (exact) mass is 188 g/mol. The van der Waals surface area contributed by atoms with E-state index in [2.05, 4.69) is 19.2 Å². The minimum atomic E-state index is 0.466. The molecule has 0 heterocycles. The number of hydrogen-bond donors (Lipinski definition) is 2. The van der Waals surface area contributed by atoms with E-state index in [4.69, 9.17) is 5.73 Å². The summed E-state index contributed by atoms with van der Waals surface area (Å²) in [5.41, 5.74) is 5.70. The number of rotatable bonds is 5. The van der Waals surface area contributed by atoms with Gasteiger partial charge in [-0.05, 0) is 25.5 Å². The van der Waals surface area contributed by atoms with E-state index in [0.29, 0.717) is 18.1 Å². The van der Waals surface area contributed by atoms with E-state index in [1.165, 1.54) is 24.3 Å². The first kappa shape index (κ1) is 10.4. The van der Waals surface area contributed by atoms with Gasteiger partial charge in [-0.3, -0.25) is 0 Å². The second-order valence-corrected chi connectivity index (χ2v) is 4.97. The summed E-state index contributed by atoms with van der Waals surface area (Å²) in [4.78, 5) is 0. The lowest BCUT2D eigenvalue weighted by Gasteiger charge is -2.35. The van der Waals surface area contributed by atoms with Crippen LogP contribution in [0.15, 0.2) is 0 Å². The molecule has 72 valence electrons. The highest BCUT2D eigenvalue weighted by Crippen LogP contribution is 2.18. The van der Waals surface area contributed by atoms with Gasteiger partial charge in [0.2, 0.25) is 0 Å². The van der Waals surface area contributed by atoms with Crippen molar-refractivity contribution in [2.75, 3.05) is 11.5 Å². The zero-order valence-electron chi connectivity index (χ0n) is 8.05. The molecule has 1 saturated carbocycles. The van der Waals surface area contributed by atoms with Crippen LogP contribution in [-0.2, 0) is 0 Å². The molecule has 12 heavy (non-hydrogen) atoms. The average molecular weight is 188 g/mol. The van der Waals surface area contributed by atoms with Crippen LogP contribution in [0.5, 0.6) is 0 Å². The van der Waals surface area contributed by atoms with E-state index in [9.17, 15) is 0 Å². The molecule has 3 N–H and O–H groups in total. The standard InChI is InChI=1S/C9H20N2S/c1-3-12-6-7(2)11-9-4-8(10)5-9/h7-9,11H,3-6,10H2,1-2H3. The number of hydrogen-bond acceptors (Lipinski definition) is 3. The summed E-state index contributed by atoms with van der Waals surface area (Å²) in [6, 6.07) is 1.81. The van der Waals surface area contributed by atoms with Crippen molar-refractivity contribution < 1.29 is 0 Å². The molecule has 1 aliphatic carbocycles. The third kappa shape index (κ3) is 3.33. The third-order valence-corrected chi connectivity index (χ3v) is 3.41. The number of nitrogens with one attached hydrogen (secondary N) is 1. The molecule has 0 amide bonds. The fourth-order valence-corrected chi connectivity index (χ4v) is 2.23. The summed E-state index contributed by atoms with van der Waals surface area (Å²) in [5, 5.41) is 3.58. The highest BCUT2D eigenvalue weighted by molar-refractivity contribution is 7.99. The predicted octanol–water partition coefficient (Wildman–Crippen LogP) is 1.21. The topological polar surface area (TPSA) is 38.0 Å². The Kier molecular flexibility index (Phi) is 4.40. The molecule has 1 fully saturated rings. The van der Waals surface area contributed by atoms with Crippen molar-refractivity contribution in [3.05, 3.63) is 0 Å². The van der Waals surface area contributed by atoms with Crippen molar-refractivity contribution in [3.63, 3.8) is 0 Å². The Morgan fingerprint density at radius 1 is 1.58 bits per heavy atom. The van der Waals surface area contributed by atoms with Gasteiger partial charge >= 0.3 is 0 Å². The molecule has 2 nitrogen and oxygen atoms in total. The molecular weight excluding hydrogens is 168 g/mol.